The number of rotatable bonds is 6. The Labute approximate surface area is 144 Å². The quantitative estimate of drug-likeness (QED) is 0.435. The molecule has 118 valence electrons. The smallest absolute Gasteiger partial charge is 0.191 e. The Morgan fingerprint density at radius 2 is 2.00 bits per heavy atom. The molecule has 2 aliphatic carbocycles. The van der Waals surface area contributed by atoms with Crippen molar-refractivity contribution in [1.82, 2.24) is 20.4 Å². The summed E-state index contributed by atoms with van der Waals surface area (Å²) >= 11 is 0. The van der Waals surface area contributed by atoms with Gasteiger partial charge in [0.15, 0.2) is 5.96 Å². The third-order valence-electron chi connectivity index (χ3n) is 4.54. The van der Waals surface area contributed by atoms with Gasteiger partial charge in [-0.3, -0.25) is 9.67 Å². The molecular weight excluding hydrogens is 377 g/mol. The van der Waals surface area contributed by atoms with Crippen molar-refractivity contribution in [1.29, 1.82) is 0 Å². The van der Waals surface area contributed by atoms with Crippen molar-refractivity contribution in [2.24, 2.45) is 29.8 Å². The van der Waals surface area contributed by atoms with E-state index in [1.165, 1.54) is 25.7 Å². The van der Waals surface area contributed by atoms with Gasteiger partial charge in [-0.15, -0.1) is 24.0 Å². The normalized spacial score (nSPS) is 18.5. The second kappa shape index (κ2) is 7.47. The second-order valence-electron chi connectivity index (χ2n) is 6.09. The monoisotopic (exact) mass is 403 g/mol. The fourth-order valence-corrected chi connectivity index (χ4v) is 2.95. The summed E-state index contributed by atoms with van der Waals surface area (Å²) in [6.45, 7) is 1.83. The first-order valence-corrected chi connectivity index (χ1v) is 7.69. The average molecular weight is 403 g/mol. The van der Waals surface area contributed by atoms with Crippen molar-refractivity contribution in [2.45, 2.75) is 32.2 Å². The number of aryl methyl sites for hydroxylation is 1. The van der Waals surface area contributed by atoms with E-state index in [2.05, 4.69) is 20.7 Å². The van der Waals surface area contributed by atoms with Crippen molar-refractivity contribution in [3.05, 3.63) is 18.0 Å². The molecule has 2 aliphatic rings. The lowest BCUT2D eigenvalue weighted by atomic mass is 9.98. The Hall–Kier alpha value is -0.790. The van der Waals surface area contributed by atoms with Gasteiger partial charge in [0.25, 0.3) is 0 Å². The van der Waals surface area contributed by atoms with E-state index in [9.17, 15) is 0 Å². The highest BCUT2D eigenvalue weighted by Gasteiger charge is 2.41. The SMILES string of the molecule is CN=C(NCc1ccnn1C)NCC(C1CC1)C1CC1.I. The molecule has 21 heavy (non-hydrogen) atoms. The number of halogens is 1. The molecule has 0 aliphatic heterocycles. The molecule has 0 amide bonds. The Bertz CT molecular complexity index is 464. The van der Waals surface area contributed by atoms with Crippen molar-refractivity contribution < 1.29 is 0 Å². The van der Waals surface area contributed by atoms with E-state index in [1.807, 2.05) is 31.0 Å². The van der Waals surface area contributed by atoms with Crippen LogP contribution >= 0.6 is 24.0 Å². The number of aliphatic imine (C=N–C) groups is 1. The van der Waals surface area contributed by atoms with Crippen molar-refractivity contribution in [3.63, 3.8) is 0 Å². The van der Waals surface area contributed by atoms with E-state index in [0.29, 0.717) is 0 Å². The maximum Gasteiger partial charge on any atom is 0.191 e. The minimum Gasteiger partial charge on any atom is -0.356 e. The van der Waals surface area contributed by atoms with E-state index < -0.39 is 0 Å². The Kier molecular flexibility index (Phi) is 5.89. The van der Waals surface area contributed by atoms with Crippen LogP contribution in [0, 0.1) is 17.8 Å². The lowest BCUT2D eigenvalue weighted by Crippen LogP contribution is -2.40. The predicted octanol–water partition coefficient (Wildman–Crippen LogP) is 2.14. The van der Waals surface area contributed by atoms with Crippen LogP contribution in [-0.2, 0) is 13.6 Å². The summed E-state index contributed by atoms with van der Waals surface area (Å²) in [5, 5.41) is 11.0. The average Bonchev–Trinajstić information content (AvgIpc) is 3.35. The number of nitrogens with zero attached hydrogens (tertiary/aromatic N) is 3. The van der Waals surface area contributed by atoms with Gasteiger partial charge in [-0.2, -0.15) is 5.10 Å². The summed E-state index contributed by atoms with van der Waals surface area (Å²) < 4.78 is 1.89. The summed E-state index contributed by atoms with van der Waals surface area (Å²) in [7, 11) is 3.80. The first-order valence-electron chi connectivity index (χ1n) is 7.69. The molecule has 0 unspecified atom stereocenters. The Balaban J connectivity index is 0.00000161. The van der Waals surface area contributed by atoms with Gasteiger partial charge in [-0.05, 0) is 49.5 Å². The van der Waals surface area contributed by atoms with Crippen molar-refractivity contribution >= 4 is 29.9 Å². The fourth-order valence-electron chi connectivity index (χ4n) is 2.95. The van der Waals surface area contributed by atoms with Gasteiger partial charge >= 0.3 is 0 Å². The molecule has 0 bridgehead atoms. The molecule has 6 heteroatoms. The van der Waals surface area contributed by atoms with Gasteiger partial charge in [-0.25, -0.2) is 0 Å². The van der Waals surface area contributed by atoms with Gasteiger partial charge in [0, 0.05) is 26.8 Å². The predicted molar refractivity (Wildman–Crippen MR) is 95.8 cm³/mol. The van der Waals surface area contributed by atoms with Gasteiger partial charge in [0.1, 0.15) is 0 Å². The van der Waals surface area contributed by atoms with E-state index in [0.717, 1.165) is 42.5 Å². The van der Waals surface area contributed by atoms with Crippen LogP contribution in [0.2, 0.25) is 0 Å². The number of hydrogen-bond acceptors (Lipinski definition) is 2. The highest BCUT2D eigenvalue weighted by molar-refractivity contribution is 14.0. The summed E-state index contributed by atoms with van der Waals surface area (Å²) in [4.78, 5) is 4.31. The minimum atomic E-state index is 0. The van der Waals surface area contributed by atoms with Crippen LogP contribution in [0.25, 0.3) is 0 Å². The van der Waals surface area contributed by atoms with Gasteiger partial charge in [0.05, 0.1) is 12.2 Å². The molecule has 0 atom stereocenters. The molecule has 0 aromatic carbocycles. The molecule has 1 heterocycles. The van der Waals surface area contributed by atoms with Crippen LogP contribution in [-0.4, -0.2) is 29.3 Å². The fraction of sp³-hybridized carbons (Fsp3) is 0.733. The van der Waals surface area contributed by atoms with Crippen LogP contribution in [0.3, 0.4) is 0 Å². The Morgan fingerprint density at radius 3 is 2.48 bits per heavy atom. The molecule has 0 radical (unpaired) electrons. The van der Waals surface area contributed by atoms with E-state index in [-0.39, 0.29) is 24.0 Å². The van der Waals surface area contributed by atoms with Gasteiger partial charge in [-0.1, -0.05) is 0 Å². The molecule has 0 spiro atoms. The minimum absolute atomic E-state index is 0. The zero-order valence-corrected chi connectivity index (χ0v) is 15.2. The molecule has 1 aromatic rings. The largest absolute Gasteiger partial charge is 0.356 e. The molecule has 2 saturated carbocycles. The number of hydrogen-bond donors (Lipinski definition) is 2. The topological polar surface area (TPSA) is 54.2 Å². The summed E-state index contributed by atoms with van der Waals surface area (Å²) in [6, 6.07) is 2.03. The summed E-state index contributed by atoms with van der Waals surface area (Å²) in [5.41, 5.74) is 1.16. The van der Waals surface area contributed by atoms with Crippen LogP contribution in [0.5, 0.6) is 0 Å². The molecule has 5 nitrogen and oxygen atoms in total. The summed E-state index contributed by atoms with van der Waals surface area (Å²) in [5.74, 6) is 3.72. The third kappa shape index (κ3) is 4.59. The molecule has 0 saturated heterocycles. The maximum atomic E-state index is 4.31. The lowest BCUT2D eigenvalue weighted by Gasteiger charge is -2.18. The van der Waals surface area contributed by atoms with Crippen molar-refractivity contribution in [3.8, 4) is 0 Å². The zero-order chi connectivity index (χ0) is 13.9. The number of guanidine groups is 1. The molecule has 2 fully saturated rings. The zero-order valence-electron chi connectivity index (χ0n) is 12.9. The molecule has 3 rings (SSSR count). The molecule has 1 aromatic heterocycles. The molecule has 2 N–H and O–H groups in total. The van der Waals surface area contributed by atoms with Crippen molar-refractivity contribution in [2.75, 3.05) is 13.6 Å². The highest BCUT2D eigenvalue weighted by Crippen LogP contribution is 2.48. The number of aromatic nitrogens is 2. The second-order valence-corrected chi connectivity index (χ2v) is 6.09. The number of nitrogens with one attached hydrogen (secondary N) is 2. The van der Waals surface area contributed by atoms with E-state index in [1.54, 1.807) is 0 Å². The van der Waals surface area contributed by atoms with Gasteiger partial charge in [0.2, 0.25) is 0 Å². The van der Waals surface area contributed by atoms with E-state index in [4.69, 9.17) is 0 Å². The maximum absolute atomic E-state index is 4.31. The summed E-state index contributed by atoms with van der Waals surface area (Å²) in [6.07, 6.45) is 7.56. The van der Waals surface area contributed by atoms with Crippen LogP contribution in [0.4, 0.5) is 0 Å². The molecular formula is C15H26IN5. The Morgan fingerprint density at radius 1 is 1.33 bits per heavy atom. The van der Waals surface area contributed by atoms with Crippen LogP contribution < -0.4 is 10.6 Å². The standard InChI is InChI=1S/C15H25N5.HI/c1-16-15(17-9-13-7-8-19-20(13)2)18-10-14(11-3-4-11)12-5-6-12;/h7-8,11-12,14H,3-6,9-10H2,1-2H3,(H2,16,17,18);1H. The first-order chi connectivity index (χ1) is 9.78. The van der Waals surface area contributed by atoms with Crippen LogP contribution in [0.1, 0.15) is 31.4 Å². The van der Waals surface area contributed by atoms with Gasteiger partial charge < -0.3 is 10.6 Å². The highest BCUT2D eigenvalue weighted by atomic mass is 127. The lowest BCUT2D eigenvalue weighted by molar-refractivity contribution is 0.400. The van der Waals surface area contributed by atoms with E-state index >= 15 is 0 Å². The van der Waals surface area contributed by atoms with Crippen LogP contribution in [0.15, 0.2) is 17.3 Å². The third-order valence-corrected chi connectivity index (χ3v) is 4.54. The first kappa shape index (κ1) is 16.6.